The monoisotopic (exact) mass is 270 g/mol. The summed E-state index contributed by atoms with van der Waals surface area (Å²) in [5.41, 5.74) is 0.113. The molecule has 1 aliphatic rings. The van der Waals surface area contributed by atoms with E-state index in [0.717, 1.165) is 38.4 Å². The van der Waals surface area contributed by atoms with E-state index in [2.05, 4.69) is 34.3 Å². The van der Waals surface area contributed by atoms with Gasteiger partial charge in [0.25, 0.3) is 0 Å². The van der Waals surface area contributed by atoms with Crippen LogP contribution in [-0.4, -0.2) is 54.3 Å². The van der Waals surface area contributed by atoms with Crippen LogP contribution in [0.2, 0.25) is 5.15 Å². The molecule has 0 aromatic carbocycles. The highest BCUT2D eigenvalue weighted by atomic mass is 35.5. The van der Waals surface area contributed by atoms with Gasteiger partial charge in [-0.15, -0.1) is 0 Å². The minimum absolute atomic E-state index is 0.113. The highest BCUT2D eigenvalue weighted by Crippen LogP contribution is 2.26. The molecule has 100 valence electrons. The van der Waals surface area contributed by atoms with Gasteiger partial charge < -0.3 is 15.0 Å². The van der Waals surface area contributed by atoms with Gasteiger partial charge >= 0.3 is 0 Å². The Bertz CT molecular complexity index is 393. The lowest BCUT2D eigenvalue weighted by Crippen LogP contribution is -2.53. The van der Waals surface area contributed by atoms with Gasteiger partial charge in [0.1, 0.15) is 11.0 Å². The Balaban J connectivity index is 2.01. The number of rotatable bonds is 4. The fourth-order valence-electron chi connectivity index (χ4n) is 2.22. The van der Waals surface area contributed by atoms with E-state index in [0.29, 0.717) is 5.15 Å². The maximum Gasteiger partial charge on any atom is 0.149 e. The van der Waals surface area contributed by atoms with Crippen molar-refractivity contribution in [2.45, 2.75) is 18.4 Å². The minimum atomic E-state index is 0.113. The maximum atomic E-state index is 5.82. The summed E-state index contributed by atoms with van der Waals surface area (Å²) in [5.74, 6) is 0.718. The van der Waals surface area contributed by atoms with Crippen LogP contribution in [0.5, 0.6) is 0 Å². The van der Waals surface area contributed by atoms with E-state index in [-0.39, 0.29) is 5.54 Å². The van der Waals surface area contributed by atoms with Crippen LogP contribution in [0, 0.1) is 0 Å². The normalized spacial score (nSPS) is 18.9. The molecule has 0 atom stereocenters. The zero-order valence-electron chi connectivity index (χ0n) is 10.8. The van der Waals surface area contributed by atoms with Crippen molar-refractivity contribution in [3.05, 3.63) is 17.5 Å². The number of likely N-dealkylation sites (N-methyl/N-ethyl adjacent to an activating group) is 1. The van der Waals surface area contributed by atoms with Gasteiger partial charge in [-0.1, -0.05) is 11.6 Å². The van der Waals surface area contributed by atoms with Crippen molar-refractivity contribution < 1.29 is 4.74 Å². The summed E-state index contributed by atoms with van der Waals surface area (Å²) in [7, 11) is 4.22. The Morgan fingerprint density at radius 2 is 2.11 bits per heavy atom. The largest absolute Gasteiger partial charge is 0.381 e. The van der Waals surface area contributed by atoms with Gasteiger partial charge in [-0.25, -0.2) is 4.98 Å². The molecule has 0 radical (unpaired) electrons. The third-order valence-electron chi connectivity index (χ3n) is 3.58. The lowest BCUT2D eigenvalue weighted by atomic mass is 9.88. The van der Waals surface area contributed by atoms with Gasteiger partial charge in [0.05, 0.1) is 12.4 Å². The van der Waals surface area contributed by atoms with E-state index in [4.69, 9.17) is 16.3 Å². The summed E-state index contributed by atoms with van der Waals surface area (Å²) in [6.45, 7) is 2.43. The highest BCUT2D eigenvalue weighted by Gasteiger charge is 2.34. The van der Waals surface area contributed by atoms with Gasteiger partial charge in [0, 0.05) is 25.3 Å². The van der Waals surface area contributed by atoms with Crippen LogP contribution in [0.4, 0.5) is 5.82 Å². The van der Waals surface area contributed by atoms with E-state index in [1.54, 1.807) is 6.20 Å². The topological polar surface area (TPSA) is 50.3 Å². The Labute approximate surface area is 113 Å². The molecule has 18 heavy (non-hydrogen) atoms. The molecule has 5 nitrogen and oxygen atoms in total. The van der Waals surface area contributed by atoms with E-state index in [1.807, 2.05) is 0 Å². The van der Waals surface area contributed by atoms with Crippen LogP contribution >= 0.6 is 11.6 Å². The second-order valence-corrected chi connectivity index (χ2v) is 5.20. The highest BCUT2D eigenvalue weighted by molar-refractivity contribution is 6.29. The number of hydrogen-bond acceptors (Lipinski definition) is 5. The lowest BCUT2D eigenvalue weighted by Gasteiger charge is -2.43. The number of hydrogen-bond donors (Lipinski definition) is 1. The SMILES string of the molecule is CN(C)C1(CNc2cncc(Cl)n2)CCOCC1. The second kappa shape index (κ2) is 5.82. The maximum absolute atomic E-state index is 5.82. The van der Waals surface area contributed by atoms with Crippen molar-refractivity contribution >= 4 is 17.4 Å². The predicted molar refractivity (Wildman–Crippen MR) is 72.0 cm³/mol. The number of aromatic nitrogens is 2. The first-order valence-electron chi connectivity index (χ1n) is 6.09. The summed E-state index contributed by atoms with van der Waals surface area (Å²) >= 11 is 5.82. The van der Waals surface area contributed by atoms with Gasteiger partial charge in [0.2, 0.25) is 0 Å². The molecule has 6 heteroatoms. The number of nitrogens with zero attached hydrogens (tertiary/aromatic N) is 3. The number of halogens is 1. The molecule has 2 heterocycles. The predicted octanol–water partition coefficient (Wildman–Crippen LogP) is 1.65. The van der Waals surface area contributed by atoms with Crippen LogP contribution in [0.25, 0.3) is 0 Å². The summed E-state index contributed by atoms with van der Waals surface area (Å²) in [5, 5.41) is 3.73. The van der Waals surface area contributed by atoms with Gasteiger partial charge in [-0.2, -0.15) is 0 Å². The number of anilines is 1. The Morgan fingerprint density at radius 3 is 2.72 bits per heavy atom. The van der Waals surface area contributed by atoms with Crippen molar-refractivity contribution in [3.8, 4) is 0 Å². The minimum Gasteiger partial charge on any atom is -0.381 e. The fourth-order valence-corrected chi connectivity index (χ4v) is 2.36. The molecule has 0 amide bonds. The van der Waals surface area contributed by atoms with Crippen molar-refractivity contribution in [3.63, 3.8) is 0 Å². The van der Waals surface area contributed by atoms with Gasteiger partial charge in [-0.05, 0) is 26.9 Å². The Morgan fingerprint density at radius 1 is 1.39 bits per heavy atom. The average Bonchev–Trinajstić information content (AvgIpc) is 2.37. The van der Waals surface area contributed by atoms with Gasteiger partial charge in [-0.3, -0.25) is 4.98 Å². The van der Waals surface area contributed by atoms with Gasteiger partial charge in [0.15, 0.2) is 0 Å². The average molecular weight is 271 g/mol. The summed E-state index contributed by atoms with van der Waals surface area (Å²) in [4.78, 5) is 10.5. The molecule has 0 aliphatic carbocycles. The van der Waals surface area contributed by atoms with E-state index in [9.17, 15) is 0 Å². The van der Waals surface area contributed by atoms with Crippen molar-refractivity contribution in [1.29, 1.82) is 0 Å². The summed E-state index contributed by atoms with van der Waals surface area (Å²) in [6.07, 6.45) is 5.25. The molecule has 0 unspecified atom stereocenters. The fraction of sp³-hybridized carbons (Fsp3) is 0.667. The van der Waals surface area contributed by atoms with Crippen LogP contribution in [-0.2, 0) is 4.74 Å². The summed E-state index contributed by atoms with van der Waals surface area (Å²) < 4.78 is 5.44. The molecule has 0 spiro atoms. The molecule has 0 saturated carbocycles. The number of ether oxygens (including phenoxy) is 1. The summed E-state index contributed by atoms with van der Waals surface area (Å²) in [6, 6.07) is 0. The van der Waals surface area contributed by atoms with Crippen molar-refractivity contribution in [1.82, 2.24) is 14.9 Å². The first-order valence-corrected chi connectivity index (χ1v) is 6.47. The zero-order chi connectivity index (χ0) is 13.0. The third kappa shape index (κ3) is 3.10. The zero-order valence-corrected chi connectivity index (χ0v) is 11.6. The Hall–Kier alpha value is -0.910. The molecule has 1 aromatic rings. The smallest absolute Gasteiger partial charge is 0.149 e. The Kier molecular flexibility index (Phi) is 4.37. The first kappa shape index (κ1) is 13.5. The van der Waals surface area contributed by atoms with Crippen LogP contribution in [0.15, 0.2) is 12.4 Å². The molecule has 1 aliphatic heterocycles. The molecule has 1 fully saturated rings. The first-order chi connectivity index (χ1) is 8.62. The third-order valence-corrected chi connectivity index (χ3v) is 3.76. The van der Waals surface area contributed by atoms with Crippen LogP contribution < -0.4 is 5.32 Å². The van der Waals surface area contributed by atoms with Crippen molar-refractivity contribution in [2.75, 3.05) is 39.2 Å². The van der Waals surface area contributed by atoms with E-state index < -0.39 is 0 Å². The lowest BCUT2D eigenvalue weighted by molar-refractivity contribution is -0.000666. The van der Waals surface area contributed by atoms with Crippen molar-refractivity contribution in [2.24, 2.45) is 0 Å². The van der Waals surface area contributed by atoms with Crippen LogP contribution in [0.3, 0.4) is 0 Å². The van der Waals surface area contributed by atoms with E-state index in [1.165, 1.54) is 6.20 Å². The second-order valence-electron chi connectivity index (χ2n) is 4.81. The molecule has 1 N–H and O–H groups in total. The quantitative estimate of drug-likeness (QED) is 0.902. The molecule has 1 aromatic heterocycles. The standard InChI is InChI=1S/C12H19ClN4O/c1-17(2)12(3-5-18-6-4-12)9-15-11-8-14-7-10(13)16-11/h7-8H,3-6,9H2,1-2H3,(H,15,16). The molecular weight excluding hydrogens is 252 g/mol. The molecular formula is C12H19ClN4O. The number of nitrogens with one attached hydrogen (secondary N) is 1. The molecule has 1 saturated heterocycles. The molecule has 2 rings (SSSR count). The van der Waals surface area contributed by atoms with E-state index >= 15 is 0 Å². The molecule has 0 bridgehead atoms. The van der Waals surface area contributed by atoms with Crippen LogP contribution in [0.1, 0.15) is 12.8 Å².